The van der Waals surface area contributed by atoms with Gasteiger partial charge in [0.25, 0.3) is 0 Å². The lowest BCUT2D eigenvalue weighted by molar-refractivity contribution is 0.399. The zero-order valence-corrected chi connectivity index (χ0v) is 4.10. The summed E-state index contributed by atoms with van der Waals surface area (Å²) >= 11 is 0. The fourth-order valence-corrected chi connectivity index (χ4v) is 0.391. The van der Waals surface area contributed by atoms with Crippen LogP contribution in [0.2, 0.25) is 0 Å². The predicted molar refractivity (Wildman–Crippen MR) is 25.7 cm³/mol. The van der Waals surface area contributed by atoms with Crippen LogP contribution in [0.4, 0.5) is 10.3 Å². The van der Waals surface area contributed by atoms with Gasteiger partial charge in [-0.05, 0) is 0 Å². The van der Waals surface area contributed by atoms with Gasteiger partial charge in [0.15, 0.2) is 0 Å². The van der Waals surface area contributed by atoms with Crippen LogP contribution in [-0.4, -0.2) is 5.16 Å². The van der Waals surface area contributed by atoms with Gasteiger partial charge in [-0.25, -0.2) is 4.39 Å². The minimum atomic E-state index is -0.624. The molecule has 0 radical (unpaired) electrons. The highest BCUT2D eigenvalue weighted by atomic mass is 19.1. The third-order valence-corrected chi connectivity index (χ3v) is 0.714. The van der Waals surface area contributed by atoms with Crippen LogP contribution >= 0.6 is 0 Å². The number of anilines is 1. The molecule has 0 saturated heterocycles. The molecular formula is C4H5FN2O. The Morgan fingerprint density at radius 1 is 1.88 bits per heavy atom. The number of nitrogens with zero attached hydrogens (tertiary/aromatic N) is 1. The topological polar surface area (TPSA) is 52.0 Å². The van der Waals surface area contributed by atoms with Crippen LogP contribution < -0.4 is 5.73 Å². The smallest absolute Gasteiger partial charge is 0.222 e. The van der Waals surface area contributed by atoms with E-state index >= 15 is 0 Å². The van der Waals surface area contributed by atoms with Crippen molar-refractivity contribution in [1.82, 2.24) is 5.16 Å². The van der Waals surface area contributed by atoms with Crippen molar-refractivity contribution in [2.24, 2.45) is 0 Å². The molecule has 0 spiro atoms. The Bertz CT molecular complexity index is 174. The molecule has 1 aromatic heterocycles. The van der Waals surface area contributed by atoms with Crippen molar-refractivity contribution in [1.29, 1.82) is 0 Å². The largest absolute Gasteiger partial charge is 0.368 e. The van der Waals surface area contributed by atoms with Crippen LogP contribution in [0.25, 0.3) is 0 Å². The standard InChI is InChI=1S/C4H5FN2O/c5-2-3-1-4(6)8-7-3/h1H,2,6H2. The number of hydrogen-bond donors (Lipinski definition) is 1. The molecule has 0 aliphatic carbocycles. The summed E-state index contributed by atoms with van der Waals surface area (Å²) in [5.74, 6) is 0.151. The van der Waals surface area contributed by atoms with E-state index < -0.39 is 6.67 Å². The Hall–Kier alpha value is -1.06. The summed E-state index contributed by atoms with van der Waals surface area (Å²) < 4.78 is 15.9. The van der Waals surface area contributed by atoms with Gasteiger partial charge in [0.2, 0.25) is 5.88 Å². The van der Waals surface area contributed by atoms with Gasteiger partial charge in [0, 0.05) is 6.07 Å². The monoisotopic (exact) mass is 116 g/mol. The first kappa shape index (κ1) is 5.08. The Morgan fingerprint density at radius 3 is 2.88 bits per heavy atom. The normalized spacial score (nSPS) is 9.62. The highest BCUT2D eigenvalue weighted by molar-refractivity contribution is 5.23. The minimum absolute atomic E-state index is 0.151. The van der Waals surface area contributed by atoms with Gasteiger partial charge in [-0.1, -0.05) is 5.16 Å². The first-order chi connectivity index (χ1) is 3.83. The van der Waals surface area contributed by atoms with Crippen molar-refractivity contribution in [3.63, 3.8) is 0 Å². The van der Waals surface area contributed by atoms with Crippen LogP contribution in [0, 0.1) is 0 Å². The van der Waals surface area contributed by atoms with Crippen LogP contribution in [0.1, 0.15) is 5.69 Å². The molecule has 0 aliphatic rings. The number of halogens is 1. The zero-order valence-electron chi connectivity index (χ0n) is 4.10. The average molecular weight is 116 g/mol. The SMILES string of the molecule is Nc1cc(CF)no1. The van der Waals surface area contributed by atoms with Gasteiger partial charge < -0.3 is 10.3 Å². The second-order valence-corrected chi connectivity index (χ2v) is 1.35. The van der Waals surface area contributed by atoms with E-state index in [1.807, 2.05) is 0 Å². The summed E-state index contributed by atoms with van der Waals surface area (Å²) in [7, 11) is 0. The predicted octanol–water partition coefficient (Wildman–Crippen LogP) is 0.726. The van der Waals surface area contributed by atoms with E-state index in [1.54, 1.807) is 0 Å². The first-order valence-electron chi connectivity index (χ1n) is 2.10. The molecule has 0 aromatic carbocycles. The quantitative estimate of drug-likeness (QED) is 0.588. The summed E-state index contributed by atoms with van der Waals surface area (Å²) in [5.41, 5.74) is 5.30. The van der Waals surface area contributed by atoms with Gasteiger partial charge in [-0.2, -0.15) is 0 Å². The zero-order chi connectivity index (χ0) is 5.98. The molecule has 0 bridgehead atoms. The van der Waals surface area contributed by atoms with Gasteiger partial charge in [0.05, 0.1) is 0 Å². The molecule has 0 saturated carbocycles. The highest BCUT2D eigenvalue weighted by Gasteiger charge is 1.96. The lowest BCUT2D eigenvalue weighted by Gasteiger charge is -1.71. The van der Waals surface area contributed by atoms with E-state index in [1.165, 1.54) is 6.07 Å². The summed E-state index contributed by atoms with van der Waals surface area (Å²) in [5, 5.41) is 3.26. The van der Waals surface area contributed by atoms with Gasteiger partial charge in [0.1, 0.15) is 12.4 Å². The summed E-state index contributed by atoms with van der Waals surface area (Å²) in [4.78, 5) is 0. The molecule has 2 N–H and O–H groups in total. The van der Waals surface area contributed by atoms with Crippen LogP contribution in [0.15, 0.2) is 10.6 Å². The second-order valence-electron chi connectivity index (χ2n) is 1.35. The number of nitrogens with two attached hydrogens (primary N) is 1. The molecule has 0 amide bonds. The Kier molecular flexibility index (Phi) is 1.15. The summed E-state index contributed by atoms with van der Waals surface area (Å²) in [6.07, 6.45) is 0. The van der Waals surface area contributed by atoms with E-state index in [0.717, 1.165) is 0 Å². The minimum Gasteiger partial charge on any atom is -0.368 e. The number of nitrogen functional groups attached to an aromatic ring is 1. The van der Waals surface area contributed by atoms with Crippen molar-refractivity contribution in [2.45, 2.75) is 6.67 Å². The van der Waals surface area contributed by atoms with E-state index in [0.29, 0.717) is 0 Å². The molecule has 1 aromatic rings. The fraction of sp³-hybridized carbons (Fsp3) is 0.250. The first-order valence-corrected chi connectivity index (χ1v) is 2.10. The van der Waals surface area contributed by atoms with Gasteiger partial charge in [-0.15, -0.1) is 0 Å². The summed E-state index contributed by atoms with van der Waals surface area (Å²) in [6.45, 7) is -0.624. The van der Waals surface area contributed by atoms with Crippen molar-refractivity contribution in [3.05, 3.63) is 11.8 Å². The molecule has 1 heterocycles. The van der Waals surface area contributed by atoms with E-state index in [2.05, 4.69) is 9.68 Å². The average Bonchev–Trinajstić information content (AvgIpc) is 2.14. The lowest BCUT2D eigenvalue weighted by atomic mass is 10.5. The summed E-state index contributed by atoms with van der Waals surface area (Å²) in [6, 6.07) is 1.35. The number of hydrogen-bond acceptors (Lipinski definition) is 3. The van der Waals surface area contributed by atoms with E-state index in [4.69, 9.17) is 5.73 Å². The van der Waals surface area contributed by atoms with Gasteiger partial charge >= 0.3 is 0 Å². The number of aromatic nitrogens is 1. The van der Waals surface area contributed by atoms with E-state index in [9.17, 15) is 4.39 Å². The third-order valence-electron chi connectivity index (χ3n) is 0.714. The van der Waals surface area contributed by atoms with Gasteiger partial charge in [-0.3, -0.25) is 0 Å². The van der Waals surface area contributed by atoms with Crippen LogP contribution in [-0.2, 0) is 6.67 Å². The molecule has 4 heteroatoms. The third kappa shape index (κ3) is 0.776. The Balaban J connectivity index is 2.84. The molecule has 0 atom stereocenters. The fourth-order valence-electron chi connectivity index (χ4n) is 0.391. The molecule has 3 nitrogen and oxygen atoms in total. The Labute approximate surface area is 45.3 Å². The molecule has 1 rings (SSSR count). The van der Waals surface area contributed by atoms with Crippen molar-refractivity contribution in [2.75, 3.05) is 5.73 Å². The van der Waals surface area contributed by atoms with Crippen molar-refractivity contribution < 1.29 is 8.91 Å². The van der Waals surface area contributed by atoms with Crippen LogP contribution in [0.5, 0.6) is 0 Å². The maximum Gasteiger partial charge on any atom is 0.222 e. The Morgan fingerprint density at radius 2 is 2.62 bits per heavy atom. The molecular weight excluding hydrogens is 111 g/mol. The van der Waals surface area contributed by atoms with E-state index in [-0.39, 0.29) is 11.6 Å². The van der Waals surface area contributed by atoms with Crippen LogP contribution in [0.3, 0.4) is 0 Å². The highest BCUT2D eigenvalue weighted by Crippen LogP contribution is 2.04. The number of rotatable bonds is 1. The lowest BCUT2D eigenvalue weighted by Crippen LogP contribution is -1.76. The maximum absolute atomic E-state index is 11.6. The van der Waals surface area contributed by atoms with Crippen molar-refractivity contribution >= 4 is 5.88 Å². The number of alkyl halides is 1. The molecule has 0 fully saturated rings. The molecule has 0 aliphatic heterocycles. The van der Waals surface area contributed by atoms with Crippen molar-refractivity contribution in [3.8, 4) is 0 Å². The molecule has 0 unspecified atom stereocenters. The second kappa shape index (κ2) is 1.81. The molecule has 8 heavy (non-hydrogen) atoms. The maximum atomic E-state index is 11.6. The molecule has 44 valence electrons.